The van der Waals surface area contributed by atoms with Crippen LogP contribution >= 0.6 is 0 Å². The van der Waals surface area contributed by atoms with Crippen molar-refractivity contribution in [2.45, 2.75) is 32.5 Å². The standard InChI is InChI=1S/C16H15F4N5O2/c1-3-26-16(19,20)15-24-23-12-7-21-11(8-25(12)15)10-4-5-13(22-6-10)27-9(2)14(17)18/h4-9,14H,3H2,1-2H3/t9-/m0/s1. The molecule has 0 aliphatic carbocycles. The zero-order chi connectivity index (χ0) is 19.6. The third-order valence-electron chi connectivity index (χ3n) is 3.57. The molecule has 0 aromatic carbocycles. The monoisotopic (exact) mass is 385 g/mol. The summed E-state index contributed by atoms with van der Waals surface area (Å²) < 4.78 is 63.6. The third-order valence-corrected chi connectivity index (χ3v) is 3.57. The average molecular weight is 385 g/mol. The molecule has 0 N–H and O–H groups in total. The quantitative estimate of drug-likeness (QED) is 0.581. The van der Waals surface area contributed by atoms with Gasteiger partial charge in [-0.15, -0.1) is 10.2 Å². The second-order valence-corrected chi connectivity index (χ2v) is 5.52. The van der Waals surface area contributed by atoms with E-state index in [4.69, 9.17) is 4.74 Å². The molecule has 0 unspecified atom stereocenters. The number of hydrogen-bond donors (Lipinski definition) is 0. The highest BCUT2D eigenvalue weighted by molar-refractivity contribution is 5.59. The molecular formula is C16H15F4N5O2. The van der Waals surface area contributed by atoms with E-state index in [1.165, 1.54) is 44.6 Å². The summed E-state index contributed by atoms with van der Waals surface area (Å²) in [7, 11) is 0. The van der Waals surface area contributed by atoms with Crippen LogP contribution in [0, 0.1) is 0 Å². The number of rotatable bonds is 7. The maximum absolute atomic E-state index is 14.0. The molecule has 0 fully saturated rings. The maximum atomic E-state index is 14.0. The van der Waals surface area contributed by atoms with Gasteiger partial charge in [0.05, 0.1) is 18.5 Å². The van der Waals surface area contributed by atoms with E-state index in [2.05, 4.69) is 24.9 Å². The van der Waals surface area contributed by atoms with Gasteiger partial charge in [-0.25, -0.2) is 13.8 Å². The highest BCUT2D eigenvalue weighted by Gasteiger charge is 2.38. The van der Waals surface area contributed by atoms with Crippen molar-refractivity contribution in [2.75, 3.05) is 6.61 Å². The van der Waals surface area contributed by atoms with Gasteiger partial charge in [0.15, 0.2) is 11.8 Å². The number of fused-ring (bicyclic) bond motifs is 1. The van der Waals surface area contributed by atoms with Crippen LogP contribution in [0.15, 0.2) is 30.7 Å². The summed E-state index contributed by atoms with van der Waals surface area (Å²) in [5, 5.41) is 7.12. The lowest BCUT2D eigenvalue weighted by molar-refractivity contribution is -0.251. The lowest BCUT2D eigenvalue weighted by atomic mass is 10.2. The number of alkyl halides is 4. The largest absolute Gasteiger partial charge is 0.469 e. The summed E-state index contributed by atoms with van der Waals surface area (Å²) in [5.41, 5.74) is 0.886. The Morgan fingerprint density at radius 3 is 2.56 bits per heavy atom. The van der Waals surface area contributed by atoms with Crippen molar-refractivity contribution in [1.82, 2.24) is 24.6 Å². The van der Waals surface area contributed by atoms with Crippen molar-refractivity contribution < 1.29 is 27.0 Å². The van der Waals surface area contributed by atoms with Crippen LogP contribution in [0.3, 0.4) is 0 Å². The highest BCUT2D eigenvalue weighted by atomic mass is 19.3. The summed E-state index contributed by atoms with van der Waals surface area (Å²) in [6, 6.07) is 2.92. The fourth-order valence-corrected chi connectivity index (χ4v) is 2.24. The Labute approximate surface area is 151 Å². The molecule has 0 aliphatic heterocycles. The maximum Gasteiger partial charge on any atom is 0.418 e. The first-order chi connectivity index (χ1) is 12.8. The van der Waals surface area contributed by atoms with Crippen LogP contribution in [0.25, 0.3) is 16.9 Å². The molecule has 7 nitrogen and oxygen atoms in total. The van der Waals surface area contributed by atoms with E-state index in [9.17, 15) is 17.6 Å². The molecule has 0 aliphatic rings. The van der Waals surface area contributed by atoms with E-state index in [1.807, 2.05) is 0 Å². The topological polar surface area (TPSA) is 74.4 Å². The number of nitrogens with zero attached hydrogens (tertiary/aromatic N) is 5. The molecule has 3 aromatic heterocycles. The lowest BCUT2D eigenvalue weighted by Gasteiger charge is -2.14. The molecule has 0 amide bonds. The van der Waals surface area contributed by atoms with Gasteiger partial charge in [-0.2, -0.15) is 8.78 Å². The SMILES string of the molecule is CCOC(F)(F)c1nnc2cnc(-c3ccc(O[C@@H](C)C(F)F)nc3)cn12. The summed E-state index contributed by atoms with van der Waals surface area (Å²) >= 11 is 0. The van der Waals surface area contributed by atoms with E-state index in [1.54, 1.807) is 0 Å². The van der Waals surface area contributed by atoms with Crippen molar-refractivity contribution in [3.63, 3.8) is 0 Å². The Balaban J connectivity index is 1.91. The minimum atomic E-state index is -3.62. The third kappa shape index (κ3) is 3.97. The highest BCUT2D eigenvalue weighted by Crippen LogP contribution is 2.29. The van der Waals surface area contributed by atoms with Gasteiger partial charge >= 0.3 is 6.11 Å². The van der Waals surface area contributed by atoms with E-state index < -0.39 is 24.5 Å². The normalized spacial score (nSPS) is 13.3. The molecule has 11 heteroatoms. The Kier molecular flexibility index (Phi) is 5.22. The Morgan fingerprint density at radius 1 is 1.15 bits per heavy atom. The zero-order valence-corrected chi connectivity index (χ0v) is 14.3. The fourth-order valence-electron chi connectivity index (χ4n) is 2.24. The van der Waals surface area contributed by atoms with Crippen molar-refractivity contribution in [3.05, 3.63) is 36.5 Å². The first-order valence-electron chi connectivity index (χ1n) is 7.96. The minimum Gasteiger partial charge on any atom is -0.469 e. The van der Waals surface area contributed by atoms with Gasteiger partial charge in [0.1, 0.15) is 0 Å². The molecule has 3 heterocycles. The fraction of sp³-hybridized carbons (Fsp3) is 0.375. The second-order valence-electron chi connectivity index (χ2n) is 5.52. The smallest absolute Gasteiger partial charge is 0.418 e. The van der Waals surface area contributed by atoms with Crippen LogP contribution in [0.5, 0.6) is 5.88 Å². The molecule has 27 heavy (non-hydrogen) atoms. The van der Waals surface area contributed by atoms with E-state index in [0.717, 1.165) is 4.40 Å². The van der Waals surface area contributed by atoms with E-state index in [-0.39, 0.29) is 18.1 Å². The molecule has 0 bridgehead atoms. The van der Waals surface area contributed by atoms with Gasteiger partial charge in [0.2, 0.25) is 11.7 Å². The zero-order valence-electron chi connectivity index (χ0n) is 14.3. The van der Waals surface area contributed by atoms with Crippen molar-refractivity contribution in [1.29, 1.82) is 0 Å². The minimum absolute atomic E-state index is 0.0143. The van der Waals surface area contributed by atoms with Crippen LogP contribution < -0.4 is 4.74 Å². The molecule has 3 rings (SSSR count). The van der Waals surface area contributed by atoms with Crippen LogP contribution in [0.4, 0.5) is 17.6 Å². The molecule has 0 saturated heterocycles. The van der Waals surface area contributed by atoms with Gasteiger partial charge in [0.25, 0.3) is 6.43 Å². The average Bonchev–Trinajstić information content (AvgIpc) is 3.06. The van der Waals surface area contributed by atoms with Crippen molar-refractivity contribution in [3.8, 4) is 17.1 Å². The van der Waals surface area contributed by atoms with Gasteiger partial charge in [-0.1, -0.05) is 0 Å². The molecular weight excluding hydrogens is 370 g/mol. The predicted molar refractivity (Wildman–Crippen MR) is 85.6 cm³/mol. The van der Waals surface area contributed by atoms with Crippen LogP contribution in [0.2, 0.25) is 0 Å². The Morgan fingerprint density at radius 2 is 1.93 bits per heavy atom. The summed E-state index contributed by atoms with van der Waals surface area (Å²) in [6.45, 7) is 2.46. The van der Waals surface area contributed by atoms with E-state index in [0.29, 0.717) is 11.3 Å². The summed E-state index contributed by atoms with van der Waals surface area (Å²) in [4.78, 5) is 8.06. The molecule has 0 spiro atoms. The number of ether oxygens (including phenoxy) is 2. The molecule has 0 saturated carbocycles. The molecule has 0 radical (unpaired) electrons. The van der Waals surface area contributed by atoms with Gasteiger partial charge in [0, 0.05) is 24.0 Å². The first-order valence-corrected chi connectivity index (χ1v) is 7.96. The Bertz CT molecular complexity index is 917. The molecule has 144 valence electrons. The molecule has 3 aromatic rings. The predicted octanol–water partition coefficient (Wildman–Crippen LogP) is 3.30. The summed E-state index contributed by atoms with van der Waals surface area (Å²) in [6.07, 6.45) is -3.64. The van der Waals surface area contributed by atoms with Gasteiger partial charge in [-0.05, 0) is 19.9 Å². The van der Waals surface area contributed by atoms with Gasteiger partial charge in [-0.3, -0.25) is 9.38 Å². The van der Waals surface area contributed by atoms with Crippen LogP contribution in [-0.4, -0.2) is 43.7 Å². The van der Waals surface area contributed by atoms with Gasteiger partial charge < -0.3 is 9.47 Å². The van der Waals surface area contributed by atoms with Crippen LogP contribution in [-0.2, 0) is 10.8 Å². The van der Waals surface area contributed by atoms with Crippen molar-refractivity contribution >= 4 is 5.65 Å². The number of pyridine rings is 1. The summed E-state index contributed by atoms with van der Waals surface area (Å²) in [5.74, 6) is -0.665. The van der Waals surface area contributed by atoms with Crippen LogP contribution in [0.1, 0.15) is 19.7 Å². The second kappa shape index (κ2) is 7.43. The number of halogens is 4. The Hall–Kier alpha value is -2.82. The molecule has 1 atom stereocenters. The first kappa shape index (κ1) is 19.0. The lowest BCUT2D eigenvalue weighted by Crippen LogP contribution is -2.21. The number of hydrogen-bond acceptors (Lipinski definition) is 6. The van der Waals surface area contributed by atoms with E-state index >= 15 is 0 Å². The van der Waals surface area contributed by atoms with Crippen molar-refractivity contribution in [2.24, 2.45) is 0 Å². The number of aromatic nitrogens is 5.